The van der Waals surface area contributed by atoms with Crippen molar-refractivity contribution in [3.05, 3.63) is 34.9 Å². The molecular formula is C9H9ClN2O2. The van der Waals surface area contributed by atoms with E-state index in [4.69, 9.17) is 22.6 Å². The number of benzene rings is 1. The van der Waals surface area contributed by atoms with Crippen molar-refractivity contribution in [2.24, 2.45) is 5.84 Å². The molecule has 0 radical (unpaired) electrons. The lowest BCUT2D eigenvalue weighted by molar-refractivity contribution is -0.131. The van der Waals surface area contributed by atoms with Gasteiger partial charge >= 0.3 is 5.97 Å². The standard InChI is InChI=1S/C9H9ClN2O2/c10-8-3-2-7(12-11)5-6(8)1-4-9(13)14/h1-5,12H,11H2,(H,13,14). The van der Waals surface area contributed by atoms with Crippen molar-refractivity contribution in [2.75, 3.05) is 5.43 Å². The second-order valence-corrected chi connectivity index (χ2v) is 2.96. The molecule has 1 aromatic rings. The maximum absolute atomic E-state index is 10.3. The molecule has 1 rings (SSSR count). The Morgan fingerprint density at radius 1 is 1.57 bits per heavy atom. The van der Waals surface area contributed by atoms with Gasteiger partial charge < -0.3 is 10.5 Å². The van der Waals surface area contributed by atoms with Crippen LogP contribution in [0, 0.1) is 0 Å². The van der Waals surface area contributed by atoms with Gasteiger partial charge in [0.1, 0.15) is 0 Å². The molecule has 4 nitrogen and oxygen atoms in total. The summed E-state index contributed by atoms with van der Waals surface area (Å²) in [5.74, 6) is 4.17. The fourth-order valence-electron chi connectivity index (χ4n) is 0.922. The number of aliphatic carboxylic acids is 1. The van der Waals surface area contributed by atoms with E-state index in [1.165, 1.54) is 6.08 Å². The van der Waals surface area contributed by atoms with Crippen LogP contribution in [0.25, 0.3) is 6.08 Å². The second kappa shape index (κ2) is 4.64. The van der Waals surface area contributed by atoms with Crippen molar-refractivity contribution in [2.45, 2.75) is 0 Å². The SMILES string of the molecule is NNc1ccc(Cl)c(C=CC(=O)O)c1. The van der Waals surface area contributed by atoms with Gasteiger partial charge in [0.15, 0.2) is 0 Å². The number of carboxylic acid groups (broad SMARTS) is 1. The first-order valence-electron chi connectivity index (χ1n) is 3.80. The first kappa shape index (κ1) is 10.6. The predicted molar refractivity (Wildman–Crippen MR) is 55.9 cm³/mol. The molecule has 0 unspecified atom stereocenters. The molecular weight excluding hydrogens is 204 g/mol. The maximum Gasteiger partial charge on any atom is 0.328 e. The molecule has 0 atom stereocenters. The van der Waals surface area contributed by atoms with Gasteiger partial charge in [-0.25, -0.2) is 4.79 Å². The number of carbonyl (C=O) groups is 1. The third-order valence-electron chi connectivity index (χ3n) is 1.57. The molecule has 0 bridgehead atoms. The van der Waals surface area contributed by atoms with Gasteiger partial charge in [0.2, 0.25) is 0 Å². The number of carboxylic acids is 1. The quantitative estimate of drug-likeness (QED) is 0.405. The summed E-state index contributed by atoms with van der Waals surface area (Å²) < 4.78 is 0. The van der Waals surface area contributed by atoms with Crippen molar-refractivity contribution in [3.8, 4) is 0 Å². The van der Waals surface area contributed by atoms with Crippen LogP contribution in [0.4, 0.5) is 5.69 Å². The topological polar surface area (TPSA) is 75.3 Å². The van der Waals surface area contributed by atoms with E-state index in [2.05, 4.69) is 5.43 Å². The Labute approximate surface area is 86.0 Å². The number of nitrogen functional groups attached to an aromatic ring is 1. The first-order chi connectivity index (χ1) is 6.63. The molecule has 0 aliphatic rings. The lowest BCUT2D eigenvalue weighted by Gasteiger charge is -2.02. The van der Waals surface area contributed by atoms with Crippen molar-refractivity contribution in [1.82, 2.24) is 0 Å². The van der Waals surface area contributed by atoms with E-state index >= 15 is 0 Å². The van der Waals surface area contributed by atoms with Gasteiger partial charge in [-0.3, -0.25) is 5.84 Å². The minimum atomic E-state index is -1.02. The van der Waals surface area contributed by atoms with E-state index in [9.17, 15) is 4.79 Å². The minimum Gasteiger partial charge on any atom is -0.478 e. The highest BCUT2D eigenvalue weighted by atomic mass is 35.5. The lowest BCUT2D eigenvalue weighted by Crippen LogP contribution is -2.06. The molecule has 0 amide bonds. The van der Waals surface area contributed by atoms with Gasteiger partial charge in [-0.05, 0) is 29.8 Å². The highest BCUT2D eigenvalue weighted by Crippen LogP contribution is 2.21. The molecule has 0 saturated heterocycles. The zero-order valence-corrected chi connectivity index (χ0v) is 7.95. The molecule has 0 heterocycles. The van der Waals surface area contributed by atoms with Gasteiger partial charge in [0.25, 0.3) is 0 Å². The van der Waals surface area contributed by atoms with Crippen molar-refractivity contribution in [3.63, 3.8) is 0 Å². The molecule has 5 heteroatoms. The minimum absolute atomic E-state index is 0.474. The summed E-state index contributed by atoms with van der Waals surface area (Å²) in [5, 5.41) is 8.90. The molecule has 14 heavy (non-hydrogen) atoms. The van der Waals surface area contributed by atoms with E-state index in [-0.39, 0.29) is 0 Å². The molecule has 4 N–H and O–H groups in total. The summed E-state index contributed by atoms with van der Waals surface area (Å²) in [5.41, 5.74) is 3.71. The Morgan fingerprint density at radius 3 is 2.86 bits per heavy atom. The molecule has 0 aliphatic heterocycles. The summed E-state index contributed by atoms with van der Waals surface area (Å²) in [4.78, 5) is 10.3. The third kappa shape index (κ3) is 2.76. The van der Waals surface area contributed by atoms with Gasteiger partial charge in [0.05, 0.1) is 0 Å². The van der Waals surface area contributed by atoms with Gasteiger partial charge in [-0.15, -0.1) is 0 Å². The monoisotopic (exact) mass is 212 g/mol. The largest absolute Gasteiger partial charge is 0.478 e. The Kier molecular flexibility index (Phi) is 3.50. The summed E-state index contributed by atoms with van der Waals surface area (Å²) in [6.07, 6.45) is 2.42. The summed E-state index contributed by atoms with van der Waals surface area (Å²) in [6, 6.07) is 4.99. The van der Waals surface area contributed by atoms with Crippen LogP contribution < -0.4 is 11.3 Å². The van der Waals surface area contributed by atoms with Gasteiger partial charge in [-0.1, -0.05) is 11.6 Å². The smallest absolute Gasteiger partial charge is 0.328 e. The molecule has 0 aliphatic carbocycles. The van der Waals surface area contributed by atoms with Crippen LogP contribution in [0.5, 0.6) is 0 Å². The molecule has 0 fully saturated rings. The fourth-order valence-corrected chi connectivity index (χ4v) is 1.10. The third-order valence-corrected chi connectivity index (χ3v) is 1.91. The van der Waals surface area contributed by atoms with Gasteiger partial charge in [-0.2, -0.15) is 0 Å². The molecule has 0 saturated carbocycles. The Bertz CT molecular complexity index is 377. The second-order valence-electron chi connectivity index (χ2n) is 2.55. The summed E-state index contributed by atoms with van der Waals surface area (Å²) in [6.45, 7) is 0. The zero-order chi connectivity index (χ0) is 10.6. The fraction of sp³-hybridized carbons (Fsp3) is 0. The number of hydrazine groups is 1. The molecule has 0 aromatic heterocycles. The summed E-state index contributed by atoms with van der Waals surface area (Å²) >= 11 is 5.82. The Morgan fingerprint density at radius 2 is 2.29 bits per heavy atom. The molecule has 0 spiro atoms. The number of hydrogen-bond acceptors (Lipinski definition) is 3. The van der Waals surface area contributed by atoms with E-state index in [1.54, 1.807) is 18.2 Å². The number of nitrogens with one attached hydrogen (secondary N) is 1. The predicted octanol–water partition coefficient (Wildman–Crippen LogP) is 1.72. The first-order valence-corrected chi connectivity index (χ1v) is 4.18. The summed E-state index contributed by atoms with van der Waals surface area (Å²) in [7, 11) is 0. The average Bonchev–Trinajstić information content (AvgIpc) is 2.16. The highest BCUT2D eigenvalue weighted by Gasteiger charge is 1.98. The molecule has 1 aromatic carbocycles. The van der Waals surface area contributed by atoms with Crippen LogP contribution >= 0.6 is 11.6 Å². The highest BCUT2D eigenvalue weighted by molar-refractivity contribution is 6.32. The van der Waals surface area contributed by atoms with Crippen LogP contribution in [0.1, 0.15) is 5.56 Å². The van der Waals surface area contributed by atoms with Crippen LogP contribution in [0.2, 0.25) is 5.02 Å². The number of rotatable bonds is 3. The van der Waals surface area contributed by atoms with Crippen LogP contribution in [-0.4, -0.2) is 11.1 Å². The van der Waals surface area contributed by atoms with E-state index in [1.807, 2.05) is 0 Å². The van der Waals surface area contributed by atoms with Crippen LogP contribution in [-0.2, 0) is 4.79 Å². The van der Waals surface area contributed by atoms with E-state index < -0.39 is 5.97 Å². The van der Waals surface area contributed by atoms with Crippen molar-refractivity contribution >= 4 is 29.3 Å². The number of anilines is 1. The number of hydrogen-bond donors (Lipinski definition) is 3. The van der Waals surface area contributed by atoms with Crippen molar-refractivity contribution in [1.29, 1.82) is 0 Å². The number of nitrogens with two attached hydrogens (primary N) is 1. The van der Waals surface area contributed by atoms with E-state index in [0.29, 0.717) is 16.3 Å². The van der Waals surface area contributed by atoms with Gasteiger partial charge in [0, 0.05) is 16.8 Å². The maximum atomic E-state index is 10.3. The molecule has 74 valence electrons. The normalized spacial score (nSPS) is 10.4. The van der Waals surface area contributed by atoms with Crippen LogP contribution in [0.15, 0.2) is 24.3 Å². The van der Waals surface area contributed by atoms with E-state index in [0.717, 1.165) is 6.08 Å². The van der Waals surface area contributed by atoms with Crippen LogP contribution in [0.3, 0.4) is 0 Å². The van der Waals surface area contributed by atoms with Crippen molar-refractivity contribution < 1.29 is 9.90 Å². The Hall–Kier alpha value is -1.52. The zero-order valence-electron chi connectivity index (χ0n) is 7.20. The average molecular weight is 213 g/mol. The lowest BCUT2D eigenvalue weighted by atomic mass is 10.2. The Balaban J connectivity index is 3.00. The number of halogens is 1.